The number of nitrogens with one attached hydrogen (secondary N) is 1. The van der Waals surface area contributed by atoms with Gasteiger partial charge in [0.1, 0.15) is 0 Å². The predicted molar refractivity (Wildman–Crippen MR) is 80.4 cm³/mol. The Kier molecular flexibility index (Phi) is 4.20. The van der Waals surface area contributed by atoms with E-state index in [1.165, 1.54) is 36.4 Å². The van der Waals surface area contributed by atoms with Gasteiger partial charge < -0.3 is 5.11 Å². The maximum absolute atomic E-state index is 12.2. The van der Waals surface area contributed by atoms with Crippen LogP contribution in [0.2, 0.25) is 5.02 Å². The van der Waals surface area contributed by atoms with Crippen LogP contribution in [0.15, 0.2) is 47.4 Å². The van der Waals surface area contributed by atoms with Crippen LogP contribution in [-0.4, -0.2) is 19.5 Å². The van der Waals surface area contributed by atoms with Crippen LogP contribution in [-0.2, 0) is 10.0 Å². The Morgan fingerprint density at radius 1 is 1.14 bits per heavy atom. The van der Waals surface area contributed by atoms with Gasteiger partial charge in [-0.2, -0.15) is 0 Å². The molecule has 0 heterocycles. The summed E-state index contributed by atoms with van der Waals surface area (Å²) in [4.78, 5) is 10.8. The number of aromatic carboxylic acids is 1. The third-order valence-electron chi connectivity index (χ3n) is 2.84. The molecular formula is C14H12ClNO4S. The van der Waals surface area contributed by atoms with Crippen LogP contribution in [0.1, 0.15) is 15.9 Å². The van der Waals surface area contributed by atoms with Crippen molar-refractivity contribution >= 4 is 33.3 Å². The number of carboxylic acids is 1. The fourth-order valence-corrected chi connectivity index (χ4v) is 2.97. The molecule has 5 nitrogen and oxygen atoms in total. The van der Waals surface area contributed by atoms with Gasteiger partial charge in [0.05, 0.1) is 10.5 Å². The summed E-state index contributed by atoms with van der Waals surface area (Å²) in [5.41, 5.74) is 1.13. The zero-order valence-electron chi connectivity index (χ0n) is 11.0. The lowest BCUT2D eigenvalue weighted by Gasteiger charge is -2.09. The van der Waals surface area contributed by atoms with E-state index < -0.39 is 16.0 Å². The van der Waals surface area contributed by atoms with E-state index in [0.29, 0.717) is 5.02 Å². The Morgan fingerprint density at radius 3 is 2.29 bits per heavy atom. The standard InChI is InChI=1S/C14H12ClNO4S/c1-9-2-7-12(8-13(9)15)21(19,20)16-11-5-3-10(4-6-11)14(17)18/h2-8,16H,1H3,(H,17,18). The van der Waals surface area contributed by atoms with E-state index in [1.807, 2.05) is 0 Å². The first-order valence-corrected chi connectivity index (χ1v) is 7.78. The van der Waals surface area contributed by atoms with Crippen molar-refractivity contribution in [2.45, 2.75) is 11.8 Å². The predicted octanol–water partition coefficient (Wildman–Crippen LogP) is 3.15. The van der Waals surface area contributed by atoms with Gasteiger partial charge in [0.15, 0.2) is 0 Å². The van der Waals surface area contributed by atoms with E-state index in [9.17, 15) is 13.2 Å². The Labute approximate surface area is 127 Å². The maximum Gasteiger partial charge on any atom is 0.335 e. The van der Waals surface area contributed by atoms with Crippen LogP contribution in [0, 0.1) is 6.92 Å². The van der Waals surface area contributed by atoms with Crippen LogP contribution >= 0.6 is 11.6 Å². The van der Waals surface area contributed by atoms with Gasteiger partial charge in [-0.25, -0.2) is 13.2 Å². The molecule has 0 spiro atoms. The zero-order chi connectivity index (χ0) is 15.6. The fourth-order valence-electron chi connectivity index (χ4n) is 1.64. The molecule has 21 heavy (non-hydrogen) atoms. The minimum Gasteiger partial charge on any atom is -0.478 e. The van der Waals surface area contributed by atoms with E-state index in [0.717, 1.165) is 5.56 Å². The van der Waals surface area contributed by atoms with Gasteiger partial charge in [0.25, 0.3) is 10.0 Å². The van der Waals surface area contributed by atoms with E-state index in [-0.39, 0.29) is 16.1 Å². The average molecular weight is 326 g/mol. The molecule has 0 fully saturated rings. The van der Waals surface area contributed by atoms with Crippen LogP contribution in [0.3, 0.4) is 0 Å². The van der Waals surface area contributed by atoms with Gasteiger partial charge in [-0.1, -0.05) is 17.7 Å². The van der Waals surface area contributed by atoms with Crippen molar-refractivity contribution in [3.8, 4) is 0 Å². The third kappa shape index (κ3) is 3.53. The van der Waals surface area contributed by atoms with Gasteiger partial charge in [0.2, 0.25) is 0 Å². The van der Waals surface area contributed by atoms with Crippen molar-refractivity contribution in [3.63, 3.8) is 0 Å². The average Bonchev–Trinajstić information content (AvgIpc) is 2.42. The molecular weight excluding hydrogens is 314 g/mol. The van der Waals surface area contributed by atoms with Crippen LogP contribution in [0.25, 0.3) is 0 Å². The summed E-state index contributed by atoms with van der Waals surface area (Å²) >= 11 is 5.92. The van der Waals surface area contributed by atoms with Crippen LogP contribution in [0.5, 0.6) is 0 Å². The summed E-state index contributed by atoms with van der Waals surface area (Å²) in [6, 6.07) is 9.85. The molecule has 0 aliphatic carbocycles. The molecule has 0 amide bonds. The molecule has 0 saturated carbocycles. The maximum atomic E-state index is 12.2. The number of sulfonamides is 1. The van der Waals surface area contributed by atoms with Crippen molar-refractivity contribution in [1.29, 1.82) is 0 Å². The molecule has 0 saturated heterocycles. The van der Waals surface area contributed by atoms with Gasteiger partial charge in [0, 0.05) is 10.7 Å². The molecule has 0 atom stereocenters. The Morgan fingerprint density at radius 2 is 1.76 bits per heavy atom. The number of rotatable bonds is 4. The molecule has 7 heteroatoms. The van der Waals surface area contributed by atoms with E-state index in [4.69, 9.17) is 16.7 Å². The molecule has 110 valence electrons. The lowest BCUT2D eigenvalue weighted by molar-refractivity contribution is 0.0697. The number of anilines is 1. The van der Waals surface area contributed by atoms with Crippen LogP contribution in [0.4, 0.5) is 5.69 Å². The van der Waals surface area contributed by atoms with Gasteiger partial charge in [-0.15, -0.1) is 0 Å². The zero-order valence-corrected chi connectivity index (χ0v) is 12.6. The van der Waals surface area contributed by atoms with Crippen LogP contribution < -0.4 is 4.72 Å². The quantitative estimate of drug-likeness (QED) is 0.904. The SMILES string of the molecule is Cc1ccc(S(=O)(=O)Nc2ccc(C(=O)O)cc2)cc1Cl. The van der Waals surface area contributed by atoms with E-state index in [1.54, 1.807) is 13.0 Å². The lowest BCUT2D eigenvalue weighted by Crippen LogP contribution is -2.13. The molecule has 0 unspecified atom stereocenters. The topological polar surface area (TPSA) is 83.5 Å². The third-order valence-corrected chi connectivity index (χ3v) is 4.62. The Bertz CT molecular complexity index is 785. The highest BCUT2D eigenvalue weighted by Crippen LogP contribution is 2.22. The number of carboxylic acid groups (broad SMARTS) is 1. The summed E-state index contributed by atoms with van der Waals surface area (Å²) in [7, 11) is -3.77. The summed E-state index contributed by atoms with van der Waals surface area (Å²) in [5.74, 6) is -1.07. The van der Waals surface area contributed by atoms with Crippen molar-refractivity contribution in [3.05, 3.63) is 58.6 Å². The highest BCUT2D eigenvalue weighted by atomic mass is 35.5. The highest BCUT2D eigenvalue weighted by molar-refractivity contribution is 7.92. The Balaban J connectivity index is 2.28. The fraction of sp³-hybridized carbons (Fsp3) is 0.0714. The molecule has 2 aromatic carbocycles. The molecule has 2 aromatic rings. The first kappa shape index (κ1) is 15.3. The lowest BCUT2D eigenvalue weighted by atomic mass is 10.2. The molecule has 0 aliphatic rings. The molecule has 0 aliphatic heterocycles. The minimum absolute atomic E-state index is 0.0420. The van der Waals surface area contributed by atoms with Gasteiger partial charge >= 0.3 is 5.97 Å². The molecule has 0 aromatic heterocycles. The van der Waals surface area contributed by atoms with E-state index in [2.05, 4.69) is 4.72 Å². The van der Waals surface area contributed by atoms with Crippen molar-refractivity contribution in [1.82, 2.24) is 0 Å². The minimum atomic E-state index is -3.77. The Hall–Kier alpha value is -2.05. The van der Waals surface area contributed by atoms with Crippen molar-refractivity contribution in [2.75, 3.05) is 4.72 Å². The summed E-state index contributed by atoms with van der Waals surface area (Å²) < 4.78 is 26.8. The van der Waals surface area contributed by atoms with Crippen molar-refractivity contribution in [2.24, 2.45) is 0 Å². The second kappa shape index (κ2) is 5.75. The number of halogens is 1. The number of hydrogen-bond acceptors (Lipinski definition) is 3. The summed E-state index contributed by atoms with van der Waals surface area (Å²) in [5, 5.41) is 9.15. The van der Waals surface area contributed by atoms with Gasteiger partial charge in [-0.05, 0) is 48.9 Å². The van der Waals surface area contributed by atoms with Gasteiger partial charge in [-0.3, -0.25) is 4.72 Å². The number of benzene rings is 2. The van der Waals surface area contributed by atoms with Crippen molar-refractivity contribution < 1.29 is 18.3 Å². The summed E-state index contributed by atoms with van der Waals surface area (Å²) in [6.45, 7) is 1.77. The first-order valence-electron chi connectivity index (χ1n) is 5.92. The second-order valence-electron chi connectivity index (χ2n) is 4.40. The normalized spacial score (nSPS) is 11.1. The first-order chi connectivity index (χ1) is 9.79. The smallest absolute Gasteiger partial charge is 0.335 e. The summed E-state index contributed by atoms with van der Waals surface area (Å²) in [6.07, 6.45) is 0. The second-order valence-corrected chi connectivity index (χ2v) is 6.49. The monoisotopic (exact) mass is 325 g/mol. The molecule has 0 radical (unpaired) electrons. The molecule has 2 rings (SSSR count). The molecule has 2 N–H and O–H groups in total. The highest BCUT2D eigenvalue weighted by Gasteiger charge is 2.15. The largest absolute Gasteiger partial charge is 0.478 e. The number of aryl methyl sites for hydroxylation is 1. The number of hydrogen-bond donors (Lipinski definition) is 2. The number of carbonyl (C=O) groups is 1. The molecule has 0 bridgehead atoms. The van der Waals surface area contributed by atoms with E-state index >= 15 is 0 Å².